The molecule has 0 unspecified atom stereocenters. The van der Waals surface area contributed by atoms with E-state index in [2.05, 4.69) is 16.6 Å². The molecule has 0 bridgehead atoms. The van der Waals surface area contributed by atoms with Gasteiger partial charge in [0.05, 0.1) is 11.8 Å². The highest BCUT2D eigenvalue weighted by molar-refractivity contribution is 7.91. The Hall–Kier alpha value is -1.22. The Labute approximate surface area is 110 Å². The Bertz CT molecular complexity index is 410. The molecule has 2 atom stereocenters. The van der Waals surface area contributed by atoms with Crippen molar-refractivity contribution in [3.05, 3.63) is 0 Å². The second-order valence-corrected chi connectivity index (χ2v) is 7.00. The van der Waals surface area contributed by atoms with Gasteiger partial charge >= 0.3 is 6.03 Å². The third kappa shape index (κ3) is 6.50. The van der Waals surface area contributed by atoms with E-state index in [9.17, 15) is 13.2 Å². The molecule has 0 aromatic carbocycles. The Kier molecular flexibility index (Phi) is 6.77. The van der Waals surface area contributed by atoms with E-state index in [4.69, 9.17) is 6.42 Å². The molecule has 0 aliphatic carbocycles. The third-order valence-corrected chi connectivity index (χ3v) is 4.34. The first kappa shape index (κ1) is 16.8. The lowest BCUT2D eigenvalue weighted by Gasteiger charge is -2.19. The van der Waals surface area contributed by atoms with Gasteiger partial charge in [0.1, 0.15) is 0 Å². The van der Waals surface area contributed by atoms with Gasteiger partial charge in [0.25, 0.3) is 0 Å². The summed E-state index contributed by atoms with van der Waals surface area (Å²) in [7, 11) is -3.10. The van der Waals surface area contributed by atoms with Gasteiger partial charge in [-0.3, -0.25) is 0 Å². The van der Waals surface area contributed by atoms with Crippen molar-refractivity contribution in [2.75, 3.05) is 11.5 Å². The molecular weight excluding hydrogens is 252 g/mol. The van der Waals surface area contributed by atoms with Crippen molar-refractivity contribution >= 4 is 15.9 Å². The van der Waals surface area contributed by atoms with Gasteiger partial charge in [-0.2, -0.15) is 0 Å². The van der Waals surface area contributed by atoms with Crippen LogP contribution in [0.25, 0.3) is 0 Å². The van der Waals surface area contributed by atoms with E-state index >= 15 is 0 Å². The fraction of sp³-hybridized carbons (Fsp3) is 0.750. The number of sulfone groups is 1. The fourth-order valence-electron chi connectivity index (χ4n) is 1.35. The summed E-state index contributed by atoms with van der Waals surface area (Å²) in [5.74, 6) is 2.59. The SMILES string of the molecule is C#C[C@H](NC(=O)N[C@@H](C)CS(=O)(=O)CC)C(C)C. The molecule has 2 N–H and O–H groups in total. The van der Waals surface area contributed by atoms with Gasteiger partial charge in [-0.25, -0.2) is 13.2 Å². The summed E-state index contributed by atoms with van der Waals surface area (Å²) < 4.78 is 22.7. The zero-order valence-electron chi connectivity index (χ0n) is 11.4. The minimum absolute atomic E-state index is 0.0691. The summed E-state index contributed by atoms with van der Waals surface area (Å²) in [5.41, 5.74) is 0. The quantitative estimate of drug-likeness (QED) is 0.702. The van der Waals surface area contributed by atoms with Crippen molar-refractivity contribution in [2.45, 2.75) is 39.8 Å². The van der Waals surface area contributed by atoms with Crippen LogP contribution < -0.4 is 10.6 Å². The lowest BCUT2D eigenvalue weighted by atomic mass is 10.1. The molecule has 0 aromatic rings. The normalized spacial score (nSPS) is 14.7. The highest BCUT2D eigenvalue weighted by Crippen LogP contribution is 2.00. The smallest absolute Gasteiger partial charge is 0.316 e. The first-order chi connectivity index (χ1) is 8.21. The monoisotopic (exact) mass is 274 g/mol. The molecule has 6 heteroatoms. The van der Waals surface area contributed by atoms with E-state index in [1.54, 1.807) is 13.8 Å². The molecule has 0 rings (SSSR count). The molecule has 0 spiro atoms. The highest BCUT2D eigenvalue weighted by atomic mass is 32.2. The molecule has 0 saturated carbocycles. The van der Waals surface area contributed by atoms with Crippen molar-refractivity contribution < 1.29 is 13.2 Å². The predicted molar refractivity (Wildman–Crippen MR) is 72.9 cm³/mol. The molecular formula is C12H22N2O3S. The molecule has 0 heterocycles. The van der Waals surface area contributed by atoms with Crippen LogP contribution >= 0.6 is 0 Å². The van der Waals surface area contributed by atoms with E-state index in [1.807, 2.05) is 13.8 Å². The Balaban J connectivity index is 4.29. The topological polar surface area (TPSA) is 75.3 Å². The number of hydrogen-bond acceptors (Lipinski definition) is 3. The van der Waals surface area contributed by atoms with Crippen LogP contribution in [-0.4, -0.2) is 38.0 Å². The number of carbonyl (C=O) groups is 1. The number of nitrogens with one attached hydrogen (secondary N) is 2. The summed E-state index contributed by atoms with van der Waals surface area (Å²) in [6.45, 7) is 7.02. The second-order valence-electron chi connectivity index (χ2n) is 4.61. The Morgan fingerprint density at radius 2 is 1.83 bits per heavy atom. The lowest BCUT2D eigenvalue weighted by molar-refractivity contribution is 0.234. The molecule has 104 valence electrons. The summed E-state index contributed by atoms with van der Waals surface area (Å²) in [6.07, 6.45) is 5.29. The molecule has 2 amide bonds. The first-order valence-corrected chi connectivity index (χ1v) is 7.77. The molecule has 0 saturated heterocycles. The van der Waals surface area contributed by atoms with E-state index in [-0.39, 0.29) is 23.5 Å². The lowest BCUT2D eigenvalue weighted by Crippen LogP contribution is -2.48. The second kappa shape index (κ2) is 7.27. The van der Waals surface area contributed by atoms with Crippen molar-refractivity contribution in [3.63, 3.8) is 0 Å². The van der Waals surface area contributed by atoms with E-state index in [0.29, 0.717) is 0 Å². The number of urea groups is 1. The van der Waals surface area contributed by atoms with Crippen molar-refractivity contribution in [1.82, 2.24) is 10.6 Å². The van der Waals surface area contributed by atoms with E-state index in [0.717, 1.165) is 0 Å². The summed E-state index contributed by atoms with van der Waals surface area (Å²) in [6, 6.07) is -1.24. The maximum absolute atomic E-state index is 11.6. The molecule has 0 aliphatic heterocycles. The minimum atomic E-state index is -3.10. The van der Waals surface area contributed by atoms with Gasteiger partial charge in [-0.05, 0) is 12.8 Å². The average molecular weight is 274 g/mol. The highest BCUT2D eigenvalue weighted by Gasteiger charge is 2.18. The van der Waals surface area contributed by atoms with Gasteiger partial charge in [-0.15, -0.1) is 6.42 Å². The first-order valence-electron chi connectivity index (χ1n) is 5.95. The zero-order chi connectivity index (χ0) is 14.3. The van der Waals surface area contributed by atoms with E-state index < -0.39 is 21.9 Å². The van der Waals surface area contributed by atoms with Crippen LogP contribution in [0.4, 0.5) is 4.79 Å². The zero-order valence-corrected chi connectivity index (χ0v) is 12.2. The number of carbonyl (C=O) groups excluding carboxylic acids is 1. The van der Waals surface area contributed by atoms with Gasteiger partial charge in [0, 0.05) is 11.8 Å². The Morgan fingerprint density at radius 1 is 1.28 bits per heavy atom. The Morgan fingerprint density at radius 3 is 2.22 bits per heavy atom. The molecule has 0 radical (unpaired) electrons. The average Bonchev–Trinajstić information content (AvgIpc) is 2.24. The van der Waals surface area contributed by atoms with Crippen LogP contribution in [0.5, 0.6) is 0 Å². The maximum Gasteiger partial charge on any atom is 0.316 e. The molecule has 0 aromatic heterocycles. The number of rotatable bonds is 6. The van der Waals surface area contributed by atoms with Gasteiger partial charge in [0.2, 0.25) is 0 Å². The fourth-order valence-corrected chi connectivity index (χ4v) is 2.43. The van der Waals surface area contributed by atoms with E-state index in [1.165, 1.54) is 0 Å². The van der Waals surface area contributed by atoms with Crippen LogP contribution in [0.3, 0.4) is 0 Å². The number of terminal acetylenes is 1. The van der Waals surface area contributed by atoms with Crippen LogP contribution in [-0.2, 0) is 9.84 Å². The molecule has 18 heavy (non-hydrogen) atoms. The third-order valence-electron chi connectivity index (χ3n) is 2.45. The van der Waals surface area contributed by atoms with Crippen molar-refractivity contribution in [2.24, 2.45) is 5.92 Å². The molecule has 0 fully saturated rings. The number of amides is 2. The largest absolute Gasteiger partial charge is 0.335 e. The maximum atomic E-state index is 11.6. The minimum Gasteiger partial charge on any atom is -0.335 e. The van der Waals surface area contributed by atoms with Gasteiger partial charge in [0.15, 0.2) is 9.84 Å². The molecule has 5 nitrogen and oxygen atoms in total. The van der Waals surface area contributed by atoms with Crippen LogP contribution in [0.1, 0.15) is 27.7 Å². The molecule has 0 aliphatic rings. The van der Waals surface area contributed by atoms with Crippen LogP contribution in [0.2, 0.25) is 0 Å². The summed E-state index contributed by atoms with van der Waals surface area (Å²) in [4.78, 5) is 11.6. The predicted octanol–water partition coefficient (Wildman–Crippen LogP) is 0.767. The van der Waals surface area contributed by atoms with Crippen molar-refractivity contribution in [1.29, 1.82) is 0 Å². The summed E-state index contributed by atoms with van der Waals surface area (Å²) in [5, 5.41) is 5.19. The summed E-state index contributed by atoms with van der Waals surface area (Å²) >= 11 is 0. The van der Waals surface area contributed by atoms with Crippen molar-refractivity contribution in [3.8, 4) is 12.3 Å². The van der Waals surface area contributed by atoms with Gasteiger partial charge < -0.3 is 10.6 Å². The van der Waals surface area contributed by atoms with Gasteiger partial charge in [-0.1, -0.05) is 26.7 Å². The van der Waals surface area contributed by atoms with Crippen LogP contribution in [0.15, 0.2) is 0 Å². The van der Waals surface area contributed by atoms with Crippen LogP contribution in [0, 0.1) is 18.3 Å². The standard InChI is InChI=1S/C12H22N2O3S/c1-6-11(9(3)4)14-12(15)13-10(5)8-18(16,17)7-2/h1,9-11H,7-8H2,2-5H3,(H2,13,14,15)/t10-,11-/m0/s1. The number of hydrogen-bond donors (Lipinski definition) is 2.